The first-order valence-electron chi connectivity index (χ1n) is 7.18. The van der Waals surface area contributed by atoms with Crippen molar-refractivity contribution in [2.45, 2.75) is 38.9 Å². The summed E-state index contributed by atoms with van der Waals surface area (Å²) < 4.78 is 5.60. The summed E-state index contributed by atoms with van der Waals surface area (Å²) in [5.74, 6) is 1.70. The van der Waals surface area contributed by atoms with Gasteiger partial charge >= 0.3 is 0 Å². The first-order chi connectivity index (χ1) is 10.2. The monoisotopic (exact) mass is 285 g/mol. The van der Waals surface area contributed by atoms with Crippen molar-refractivity contribution in [1.29, 1.82) is 0 Å². The second-order valence-corrected chi connectivity index (χ2v) is 5.42. The average molecular weight is 285 g/mol. The second kappa shape index (κ2) is 5.69. The van der Waals surface area contributed by atoms with E-state index in [0.29, 0.717) is 24.7 Å². The maximum absolute atomic E-state index is 12.7. The van der Waals surface area contributed by atoms with Crippen molar-refractivity contribution >= 4 is 5.91 Å². The molecule has 110 valence electrons. The van der Waals surface area contributed by atoms with E-state index >= 15 is 0 Å². The molecule has 0 radical (unpaired) electrons. The van der Waals surface area contributed by atoms with Gasteiger partial charge < -0.3 is 15.1 Å². The molecular weight excluding hydrogens is 266 g/mol. The maximum Gasteiger partial charge on any atom is 0.254 e. The van der Waals surface area contributed by atoms with Gasteiger partial charge in [-0.25, -0.2) is 0 Å². The largest absolute Gasteiger partial charge is 0.464 e. The normalized spacial score (nSPS) is 14.2. The average Bonchev–Trinajstić information content (AvgIpc) is 3.27. The minimum absolute atomic E-state index is 0.0173. The zero-order chi connectivity index (χ0) is 14.8. The van der Waals surface area contributed by atoms with E-state index in [4.69, 9.17) is 10.2 Å². The van der Waals surface area contributed by atoms with Crippen LogP contribution in [0, 0.1) is 6.92 Å². The van der Waals surface area contributed by atoms with E-state index in [1.54, 1.807) is 18.3 Å². The van der Waals surface area contributed by atoms with E-state index in [2.05, 4.69) is 4.98 Å². The van der Waals surface area contributed by atoms with Crippen LogP contribution in [-0.4, -0.2) is 21.8 Å². The Morgan fingerprint density at radius 1 is 1.43 bits per heavy atom. The van der Waals surface area contributed by atoms with Crippen LogP contribution in [0.4, 0.5) is 0 Å². The number of nitrogens with zero attached hydrogens (tertiary/aromatic N) is 2. The van der Waals surface area contributed by atoms with Crippen LogP contribution in [0.1, 0.15) is 40.4 Å². The number of hydrogen-bond acceptors (Lipinski definition) is 4. The molecule has 2 heterocycles. The van der Waals surface area contributed by atoms with E-state index in [-0.39, 0.29) is 5.91 Å². The smallest absolute Gasteiger partial charge is 0.254 e. The molecule has 5 nitrogen and oxygen atoms in total. The van der Waals surface area contributed by atoms with Crippen molar-refractivity contribution < 1.29 is 9.21 Å². The number of carbonyl (C=O) groups excluding carboxylic acids is 1. The minimum Gasteiger partial charge on any atom is -0.464 e. The summed E-state index contributed by atoms with van der Waals surface area (Å²) in [6.45, 7) is 2.75. The molecule has 2 aromatic rings. The number of carbonyl (C=O) groups is 1. The van der Waals surface area contributed by atoms with Gasteiger partial charge in [-0.05, 0) is 44.0 Å². The quantitative estimate of drug-likeness (QED) is 0.914. The SMILES string of the molecule is Cc1ccc(CN(C(=O)c2ccnc(CN)c2)C2CC2)o1. The van der Waals surface area contributed by atoms with Crippen LogP contribution in [0.25, 0.3) is 0 Å². The van der Waals surface area contributed by atoms with Crippen molar-refractivity contribution in [2.75, 3.05) is 0 Å². The molecule has 1 amide bonds. The molecule has 2 aromatic heterocycles. The molecule has 0 bridgehead atoms. The molecule has 1 aliphatic rings. The number of aromatic nitrogens is 1. The Hall–Kier alpha value is -2.14. The molecule has 1 fully saturated rings. The third-order valence-corrected chi connectivity index (χ3v) is 3.64. The number of aryl methyl sites for hydroxylation is 1. The van der Waals surface area contributed by atoms with Crippen molar-refractivity contribution in [2.24, 2.45) is 5.73 Å². The third kappa shape index (κ3) is 3.13. The van der Waals surface area contributed by atoms with E-state index in [1.807, 2.05) is 24.0 Å². The Bertz CT molecular complexity index is 646. The first-order valence-corrected chi connectivity index (χ1v) is 7.18. The molecule has 5 heteroatoms. The molecule has 1 saturated carbocycles. The van der Waals surface area contributed by atoms with Crippen molar-refractivity contribution in [3.05, 3.63) is 53.2 Å². The van der Waals surface area contributed by atoms with Gasteiger partial charge in [0.05, 0.1) is 12.2 Å². The summed E-state index contributed by atoms with van der Waals surface area (Å²) in [6.07, 6.45) is 3.75. The van der Waals surface area contributed by atoms with E-state index in [1.165, 1.54) is 0 Å². The van der Waals surface area contributed by atoms with Gasteiger partial charge in [0.15, 0.2) is 0 Å². The second-order valence-electron chi connectivity index (χ2n) is 5.42. The van der Waals surface area contributed by atoms with Crippen molar-refractivity contribution in [1.82, 2.24) is 9.88 Å². The van der Waals surface area contributed by atoms with Gasteiger partial charge in [0.25, 0.3) is 5.91 Å². The fourth-order valence-corrected chi connectivity index (χ4v) is 2.38. The lowest BCUT2D eigenvalue weighted by atomic mass is 10.2. The molecule has 0 spiro atoms. The number of nitrogens with two attached hydrogens (primary N) is 1. The van der Waals surface area contributed by atoms with Crippen LogP contribution in [0.2, 0.25) is 0 Å². The maximum atomic E-state index is 12.7. The van der Waals surface area contributed by atoms with Crippen LogP contribution in [-0.2, 0) is 13.1 Å². The van der Waals surface area contributed by atoms with Gasteiger partial charge in [-0.3, -0.25) is 9.78 Å². The van der Waals surface area contributed by atoms with Gasteiger partial charge in [0, 0.05) is 24.3 Å². The number of amides is 1. The lowest BCUT2D eigenvalue weighted by Gasteiger charge is -2.21. The molecule has 3 rings (SSSR count). The Morgan fingerprint density at radius 2 is 2.24 bits per heavy atom. The third-order valence-electron chi connectivity index (χ3n) is 3.64. The Morgan fingerprint density at radius 3 is 2.86 bits per heavy atom. The molecule has 1 aliphatic carbocycles. The summed E-state index contributed by atoms with van der Waals surface area (Å²) in [4.78, 5) is 18.7. The molecule has 0 atom stereocenters. The molecular formula is C16H19N3O2. The summed E-state index contributed by atoms with van der Waals surface area (Å²) in [7, 11) is 0. The van der Waals surface area contributed by atoms with Crippen LogP contribution >= 0.6 is 0 Å². The zero-order valence-corrected chi connectivity index (χ0v) is 12.1. The van der Waals surface area contributed by atoms with E-state index in [9.17, 15) is 4.79 Å². The van der Waals surface area contributed by atoms with E-state index in [0.717, 1.165) is 30.1 Å². The molecule has 2 N–H and O–H groups in total. The summed E-state index contributed by atoms with van der Waals surface area (Å²) in [5, 5.41) is 0. The molecule has 0 aliphatic heterocycles. The lowest BCUT2D eigenvalue weighted by Crippen LogP contribution is -2.32. The van der Waals surface area contributed by atoms with Crippen LogP contribution in [0.15, 0.2) is 34.9 Å². The fraction of sp³-hybridized carbons (Fsp3) is 0.375. The number of furan rings is 1. The lowest BCUT2D eigenvalue weighted by molar-refractivity contribution is 0.0716. The topological polar surface area (TPSA) is 72.4 Å². The Balaban J connectivity index is 1.81. The fourth-order valence-electron chi connectivity index (χ4n) is 2.38. The van der Waals surface area contributed by atoms with Gasteiger partial charge in [-0.2, -0.15) is 0 Å². The predicted octanol–water partition coefficient (Wildman–Crippen LogP) is 2.25. The standard InChI is InChI=1S/C16H19N3O2/c1-11-2-5-15(21-11)10-19(14-3-4-14)16(20)12-6-7-18-13(8-12)9-17/h2,5-8,14H,3-4,9-10,17H2,1H3. The van der Waals surface area contributed by atoms with Gasteiger partial charge in [-0.15, -0.1) is 0 Å². The Kier molecular flexibility index (Phi) is 3.75. The highest BCUT2D eigenvalue weighted by molar-refractivity contribution is 5.94. The highest BCUT2D eigenvalue weighted by Crippen LogP contribution is 2.30. The zero-order valence-electron chi connectivity index (χ0n) is 12.1. The highest BCUT2D eigenvalue weighted by Gasteiger charge is 2.33. The van der Waals surface area contributed by atoms with Crippen LogP contribution in [0.5, 0.6) is 0 Å². The minimum atomic E-state index is 0.0173. The highest BCUT2D eigenvalue weighted by atomic mass is 16.3. The Labute approximate surface area is 123 Å². The number of pyridine rings is 1. The summed E-state index contributed by atoms with van der Waals surface area (Å²) in [5.41, 5.74) is 6.96. The molecule has 0 saturated heterocycles. The molecule has 0 aromatic carbocycles. The van der Waals surface area contributed by atoms with E-state index < -0.39 is 0 Å². The van der Waals surface area contributed by atoms with Gasteiger partial charge in [0.2, 0.25) is 0 Å². The first kappa shape index (κ1) is 13.8. The van der Waals surface area contributed by atoms with Crippen molar-refractivity contribution in [3.63, 3.8) is 0 Å². The predicted molar refractivity (Wildman–Crippen MR) is 78.5 cm³/mol. The number of rotatable bonds is 5. The number of hydrogen-bond donors (Lipinski definition) is 1. The van der Waals surface area contributed by atoms with Gasteiger partial charge in [0.1, 0.15) is 11.5 Å². The van der Waals surface area contributed by atoms with Crippen LogP contribution < -0.4 is 5.73 Å². The van der Waals surface area contributed by atoms with Crippen LogP contribution in [0.3, 0.4) is 0 Å². The molecule has 0 unspecified atom stereocenters. The summed E-state index contributed by atoms with van der Waals surface area (Å²) >= 11 is 0. The van der Waals surface area contributed by atoms with Gasteiger partial charge in [-0.1, -0.05) is 0 Å². The molecule has 21 heavy (non-hydrogen) atoms. The summed E-state index contributed by atoms with van der Waals surface area (Å²) in [6, 6.07) is 7.67. The van der Waals surface area contributed by atoms with Crippen molar-refractivity contribution in [3.8, 4) is 0 Å².